The molecule has 18 heavy (non-hydrogen) atoms. The van der Waals surface area contributed by atoms with Crippen LogP contribution in [0.2, 0.25) is 0 Å². The van der Waals surface area contributed by atoms with Gasteiger partial charge in [0.05, 0.1) is 6.20 Å². The van der Waals surface area contributed by atoms with E-state index in [0.717, 1.165) is 38.4 Å². The van der Waals surface area contributed by atoms with Crippen molar-refractivity contribution in [2.24, 2.45) is 5.41 Å². The maximum absolute atomic E-state index is 4.11. The fourth-order valence-electron chi connectivity index (χ4n) is 2.66. The smallest absolute Gasteiger partial charge is 0.144 e. The molecule has 2 rings (SSSR count). The number of nitrogens with zero attached hydrogens (tertiary/aromatic N) is 3. The van der Waals surface area contributed by atoms with E-state index in [1.54, 1.807) is 0 Å². The summed E-state index contributed by atoms with van der Waals surface area (Å²) in [6, 6.07) is 0. The SMILES string of the molecule is CCCn1nncc1NCC1(CC)CCCNC1. The Morgan fingerprint density at radius 2 is 2.39 bits per heavy atom. The summed E-state index contributed by atoms with van der Waals surface area (Å²) < 4.78 is 1.96. The molecule has 1 aromatic rings. The van der Waals surface area contributed by atoms with E-state index in [9.17, 15) is 0 Å². The molecule has 1 saturated heterocycles. The van der Waals surface area contributed by atoms with Crippen LogP contribution in [0.25, 0.3) is 0 Å². The molecule has 0 spiro atoms. The fraction of sp³-hybridized carbons (Fsp3) is 0.846. The number of nitrogens with one attached hydrogen (secondary N) is 2. The second-order valence-corrected chi connectivity index (χ2v) is 5.33. The van der Waals surface area contributed by atoms with Crippen molar-refractivity contribution in [3.8, 4) is 0 Å². The fourth-order valence-corrected chi connectivity index (χ4v) is 2.66. The Bertz CT molecular complexity index is 354. The minimum atomic E-state index is 0.388. The van der Waals surface area contributed by atoms with Crippen molar-refractivity contribution in [3.63, 3.8) is 0 Å². The number of anilines is 1. The molecular weight excluding hydrogens is 226 g/mol. The van der Waals surface area contributed by atoms with Gasteiger partial charge >= 0.3 is 0 Å². The summed E-state index contributed by atoms with van der Waals surface area (Å²) in [6.45, 7) is 8.66. The van der Waals surface area contributed by atoms with Crippen LogP contribution in [-0.4, -0.2) is 34.6 Å². The summed E-state index contributed by atoms with van der Waals surface area (Å²) in [5, 5.41) is 15.2. The summed E-state index contributed by atoms with van der Waals surface area (Å²) in [5.74, 6) is 1.05. The quantitative estimate of drug-likeness (QED) is 0.810. The number of rotatable bonds is 6. The van der Waals surface area contributed by atoms with Crippen LogP contribution in [0, 0.1) is 5.41 Å². The topological polar surface area (TPSA) is 54.8 Å². The van der Waals surface area contributed by atoms with E-state index in [2.05, 4.69) is 34.8 Å². The summed E-state index contributed by atoms with van der Waals surface area (Å²) >= 11 is 0. The van der Waals surface area contributed by atoms with E-state index < -0.39 is 0 Å². The Hall–Kier alpha value is -1.10. The first-order chi connectivity index (χ1) is 8.79. The first-order valence-corrected chi connectivity index (χ1v) is 7.13. The average Bonchev–Trinajstić information content (AvgIpc) is 2.86. The molecule has 1 atom stereocenters. The van der Waals surface area contributed by atoms with Gasteiger partial charge in [0.1, 0.15) is 5.82 Å². The van der Waals surface area contributed by atoms with Gasteiger partial charge in [0.25, 0.3) is 0 Å². The van der Waals surface area contributed by atoms with Gasteiger partial charge in [0, 0.05) is 19.6 Å². The molecule has 0 saturated carbocycles. The summed E-state index contributed by atoms with van der Waals surface area (Å²) in [7, 11) is 0. The zero-order valence-electron chi connectivity index (χ0n) is 11.6. The summed E-state index contributed by atoms with van der Waals surface area (Å²) in [5.41, 5.74) is 0.388. The number of piperidine rings is 1. The van der Waals surface area contributed by atoms with Crippen LogP contribution in [0.1, 0.15) is 39.5 Å². The molecule has 0 amide bonds. The van der Waals surface area contributed by atoms with Gasteiger partial charge in [0.2, 0.25) is 0 Å². The van der Waals surface area contributed by atoms with Gasteiger partial charge in [-0.15, -0.1) is 5.10 Å². The highest BCUT2D eigenvalue weighted by atomic mass is 15.4. The standard InChI is InChI=1S/C13H25N5/c1-3-8-18-12(9-16-17-18)15-11-13(4-2)6-5-7-14-10-13/h9,14-15H,3-8,10-11H2,1-2H3. The number of hydrogen-bond acceptors (Lipinski definition) is 4. The monoisotopic (exact) mass is 251 g/mol. The normalized spacial score (nSPS) is 24.1. The lowest BCUT2D eigenvalue weighted by atomic mass is 9.78. The van der Waals surface area contributed by atoms with Gasteiger partial charge in [-0.25, -0.2) is 4.68 Å². The predicted octanol–water partition coefficient (Wildman–Crippen LogP) is 1.88. The summed E-state index contributed by atoms with van der Waals surface area (Å²) in [4.78, 5) is 0. The molecular formula is C13H25N5. The number of aryl methyl sites for hydroxylation is 1. The molecule has 1 aliphatic rings. The maximum atomic E-state index is 4.11. The van der Waals surface area contributed by atoms with Crippen molar-refractivity contribution < 1.29 is 0 Å². The zero-order chi connectivity index (χ0) is 12.8. The minimum Gasteiger partial charge on any atom is -0.368 e. The Labute approximate surface area is 109 Å². The molecule has 5 heteroatoms. The average molecular weight is 251 g/mol. The molecule has 1 aliphatic heterocycles. The van der Waals surface area contributed by atoms with Gasteiger partial charge in [-0.3, -0.25) is 0 Å². The molecule has 102 valence electrons. The second-order valence-electron chi connectivity index (χ2n) is 5.33. The lowest BCUT2D eigenvalue weighted by molar-refractivity contribution is 0.216. The largest absolute Gasteiger partial charge is 0.368 e. The third-order valence-electron chi connectivity index (χ3n) is 4.01. The Morgan fingerprint density at radius 1 is 1.50 bits per heavy atom. The third kappa shape index (κ3) is 3.02. The molecule has 0 radical (unpaired) electrons. The highest BCUT2D eigenvalue weighted by Gasteiger charge is 2.30. The molecule has 1 aromatic heterocycles. The van der Waals surface area contributed by atoms with E-state index >= 15 is 0 Å². The maximum Gasteiger partial charge on any atom is 0.144 e. The number of aromatic nitrogens is 3. The Balaban J connectivity index is 1.94. The summed E-state index contributed by atoms with van der Waals surface area (Å²) in [6.07, 6.45) is 6.71. The number of hydrogen-bond donors (Lipinski definition) is 2. The van der Waals surface area contributed by atoms with Crippen LogP contribution in [-0.2, 0) is 6.54 Å². The van der Waals surface area contributed by atoms with Gasteiger partial charge < -0.3 is 10.6 Å². The third-order valence-corrected chi connectivity index (χ3v) is 4.01. The van der Waals surface area contributed by atoms with Crippen LogP contribution in [0.15, 0.2) is 6.20 Å². The van der Waals surface area contributed by atoms with E-state index in [0.29, 0.717) is 5.41 Å². The molecule has 0 aromatic carbocycles. The Morgan fingerprint density at radius 3 is 3.06 bits per heavy atom. The van der Waals surface area contributed by atoms with Gasteiger partial charge in [-0.05, 0) is 37.6 Å². The first-order valence-electron chi connectivity index (χ1n) is 7.13. The molecule has 1 unspecified atom stereocenters. The van der Waals surface area contributed by atoms with E-state index in [1.165, 1.54) is 19.3 Å². The predicted molar refractivity (Wildman–Crippen MR) is 73.6 cm³/mol. The van der Waals surface area contributed by atoms with Crippen LogP contribution >= 0.6 is 0 Å². The van der Waals surface area contributed by atoms with Crippen molar-refractivity contribution in [3.05, 3.63) is 6.20 Å². The van der Waals surface area contributed by atoms with Crippen molar-refractivity contribution in [2.75, 3.05) is 25.0 Å². The highest BCUT2D eigenvalue weighted by Crippen LogP contribution is 2.30. The van der Waals surface area contributed by atoms with Crippen LogP contribution in [0.3, 0.4) is 0 Å². The Kier molecular flexibility index (Phi) is 4.58. The zero-order valence-corrected chi connectivity index (χ0v) is 11.6. The minimum absolute atomic E-state index is 0.388. The van der Waals surface area contributed by atoms with Gasteiger partial charge in [-0.1, -0.05) is 19.1 Å². The van der Waals surface area contributed by atoms with Crippen molar-refractivity contribution in [1.29, 1.82) is 0 Å². The van der Waals surface area contributed by atoms with Crippen LogP contribution in [0.4, 0.5) is 5.82 Å². The lowest BCUT2D eigenvalue weighted by Gasteiger charge is -2.37. The van der Waals surface area contributed by atoms with E-state index in [4.69, 9.17) is 0 Å². The molecule has 0 aliphatic carbocycles. The van der Waals surface area contributed by atoms with E-state index in [1.807, 2.05) is 10.9 Å². The van der Waals surface area contributed by atoms with Gasteiger partial charge in [-0.2, -0.15) is 0 Å². The van der Waals surface area contributed by atoms with Crippen LogP contribution in [0.5, 0.6) is 0 Å². The molecule has 1 fully saturated rings. The van der Waals surface area contributed by atoms with Crippen LogP contribution < -0.4 is 10.6 Å². The van der Waals surface area contributed by atoms with Crippen molar-refractivity contribution in [1.82, 2.24) is 20.3 Å². The van der Waals surface area contributed by atoms with Crippen molar-refractivity contribution in [2.45, 2.75) is 46.1 Å². The molecule has 2 heterocycles. The van der Waals surface area contributed by atoms with Crippen molar-refractivity contribution >= 4 is 5.82 Å². The second kappa shape index (κ2) is 6.18. The molecule has 5 nitrogen and oxygen atoms in total. The van der Waals surface area contributed by atoms with E-state index in [-0.39, 0.29) is 0 Å². The highest BCUT2D eigenvalue weighted by molar-refractivity contribution is 5.31. The first kappa shape index (κ1) is 13.3. The lowest BCUT2D eigenvalue weighted by Crippen LogP contribution is -2.44. The molecule has 2 N–H and O–H groups in total. The van der Waals surface area contributed by atoms with Gasteiger partial charge in [0.15, 0.2) is 0 Å². The molecule has 0 bridgehead atoms.